The molecule has 1 aromatic heterocycles. The minimum atomic E-state index is -3.22. The Hall–Kier alpha value is -1.41. The molecule has 0 aliphatic heterocycles. The summed E-state index contributed by atoms with van der Waals surface area (Å²) in [4.78, 5) is 8.82. The van der Waals surface area contributed by atoms with Gasteiger partial charge in [-0.3, -0.25) is 0 Å². The zero-order valence-corrected chi connectivity index (χ0v) is 13.9. The van der Waals surface area contributed by atoms with Gasteiger partial charge in [-0.15, -0.1) is 0 Å². The molecule has 0 atom stereocenters. The Morgan fingerprint density at radius 1 is 1.10 bits per heavy atom. The van der Waals surface area contributed by atoms with Gasteiger partial charge in [-0.05, 0) is 6.92 Å². The van der Waals surface area contributed by atoms with Gasteiger partial charge in [0.05, 0.1) is 5.75 Å². The number of nitrogens with zero attached hydrogens (tertiary/aromatic N) is 2. The molecule has 8 heteroatoms. The molecule has 0 amide bonds. The topological polar surface area (TPSA) is 96.0 Å². The molecule has 0 aliphatic rings. The van der Waals surface area contributed by atoms with Crippen molar-refractivity contribution in [1.82, 2.24) is 14.7 Å². The SMILES string of the molecule is CCNc1cc(NCCS(=O)(=O)NCC)nc(C(C)C)n1. The van der Waals surface area contributed by atoms with Crippen molar-refractivity contribution in [2.24, 2.45) is 0 Å². The van der Waals surface area contributed by atoms with Crippen molar-refractivity contribution in [3.63, 3.8) is 0 Å². The summed E-state index contributed by atoms with van der Waals surface area (Å²) in [5, 5.41) is 6.19. The van der Waals surface area contributed by atoms with Crippen LogP contribution >= 0.6 is 0 Å². The van der Waals surface area contributed by atoms with Crippen LogP contribution < -0.4 is 15.4 Å². The highest BCUT2D eigenvalue weighted by molar-refractivity contribution is 7.89. The van der Waals surface area contributed by atoms with Gasteiger partial charge in [-0.1, -0.05) is 20.8 Å². The van der Waals surface area contributed by atoms with Crippen LogP contribution in [0.4, 0.5) is 11.6 Å². The number of hydrogen-bond donors (Lipinski definition) is 3. The maximum Gasteiger partial charge on any atom is 0.213 e. The van der Waals surface area contributed by atoms with Crippen LogP contribution in [0.15, 0.2) is 6.07 Å². The zero-order valence-electron chi connectivity index (χ0n) is 13.1. The quantitative estimate of drug-likeness (QED) is 0.637. The number of nitrogens with one attached hydrogen (secondary N) is 3. The molecule has 0 saturated carbocycles. The first-order chi connectivity index (χ1) is 9.88. The third-order valence-corrected chi connectivity index (χ3v) is 4.13. The van der Waals surface area contributed by atoms with E-state index in [0.717, 1.165) is 18.2 Å². The first-order valence-corrected chi connectivity index (χ1v) is 8.87. The van der Waals surface area contributed by atoms with E-state index in [1.807, 2.05) is 20.8 Å². The summed E-state index contributed by atoms with van der Waals surface area (Å²) in [5.74, 6) is 2.32. The Bertz CT molecular complexity index is 545. The maximum atomic E-state index is 11.6. The van der Waals surface area contributed by atoms with Crippen LogP contribution in [0.25, 0.3) is 0 Å². The molecule has 0 unspecified atom stereocenters. The molecule has 21 heavy (non-hydrogen) atoms. The molecule has 7 nitrogen and oxygen atoms in total. The number of anilines is 2. The van der Waals surface area contributed by atoms with Crippen molar-refractivity contribution >= 4 is 21.7 Å². The number of aromatic nitrogens is 2. The summed E-state index contributed by atoms with van der Waals surface area (Å²) in [6, 6.07) is 1.79. The van der Waals surface area contributed by atoms with E-state index in [0.29, 0.717) is 18.9 Å². The van der Waals surface area contributed by atoms with Crippen LogP contribution in [0.1, 0.15) is 39.4 Å². The van der Waals surface area contributed by atoms with E-state index in [1.54, 1.807) is 13.0 Å². The molecule has 0 aliphatic carbocycles. The van der Waals surface area contributed by atoms with Crippen LogP contribution in [0.2, 0.25) is 0 Å². The normalized spacial score (nSPS) is 11.7. The van der Waals surface area contributed by atoms with Gasteiger partial charge in [0, 0.05) is 31.6 Å². The molecular formula is C13H25N5O2S. The van der Waals surface area contributed by atoms with Crippen LogP contribution in [-0.2, 0) is 10.0 Å². The Labute approximate surface area is 127 Å². The van der Waals surface area contributed by atoms with E-state index < -0.39 is 10.0 Å². The smallest absolute Gasteiger partial charge is 0.213 e. The highest BCUT2D eigenvalue weighted by Gasteiger charge is 2.10. The van der Waals surface area contributed by atoms with Gasteiger partial charge in [0.25, 0.3) is 0 Å². The van der Waals surface area contributed by atoms with Gasteiger partial charge in [0.15, 0.2) is 0 Å². The lowest BCUT2D eigenvalue weighted by atomic mass is 10.2. The predicted octanol–water partition coefficient (Wildman–Crippen LogP) is 1.38. The summed E-state index contributed by atoms with van der Waals surface area (Å²) in [7, 11) is -3.22. The Morgan fingerprint density at radius 2 is 1.71 bits per heavy atom. The van der Waals surface area contributed by atoms with Gasteiger partial charge in [0.2, 0.25) is 10.0 Å². The summed E-state index contributed by atoms with van der Waals surface area (Å²) in [5.41, 5.74) is 0. The van der Waals surface area contributed by atoms with Crippen LogP contribution in [-0.4, -0.2) is 43.8 Å². The fourth-order valence-corrected chi connectivity index (χ4v) is 2.65. The third-order valence-electron chi connectivity index (χ3n) is 2.66. The second-order valence-electron chi connectivity index (χ2n) is 4.93. The second-order valence-corrected chi connectivity index (χ2v) is 6.85. The van der Waals surface area contributed by atoms with Gasteiger partial charge in [0.1, 0.15) is 17.5 Å². The molecule has 0 bridgehead atoms. The monoisotopic (exact) mass is 315 g/mol. The summed E-state index contributed by atoms with van der Waals surface area (Å²) >= 11 is 0. The van der Waals surface area contributed by atoms with E-state index in [1.165, 1.54) is 0 Å². The Morgan fingerprint density at radius 3 is 2.24 bits per heavy atom. The van der Waals surface area contributed by atoms with E-state index in [9.17, 15) is 8.42 Å². The van der Waals surface area contributed by atoms with E-state index in [-0.39, 0.29) is 11.7 Å². The van der Waals surface area contributed by atoms with Crippen molar-refractivity contribution < 1.29 is 8.42 Å². The van der Waals surface area contributed by atoms with Crippen molar-refractivity contribution in [3.05, 3.63) is 11.9 Å². The molecule has 0 radical (unpaired) electrons. The van der Waals surface area contributed by atoms with Crippen molar-refractivity contribution in [2.75, 3.05) is 36.0 Å². The lowest BCUT2D eigenvalue weighted by molar-refractivity contribution is 0.584. The molecule has 0 saturated heterocycles. The van der Waals surface area contributed by atoms with E-state index in [4.69, 9.17) is 0 Å². The fraction of sp³-hybridized carbons (Fsp3) is 0.692. The molecule has 1 rings (SSSR count). The van der Waals surface area contributed by atoms with E-state index in [2.05, 4.69) is 25.3 Å². The lowest BCUT2D eigenvalue weighted by Crippen LogP contribution is -2.29. The average Bonchev–Trinajstić information content (AvgIpc) is 2.38. The highest BCUT2D eigenvalue weighted by Crippen LogP contribution is 2.16. The van der Waals surface area contributed by atoms with Crippen LogP contribution in [0.3, 0.4) is 0 Å². The minimum absolute atomic E-state index is 0.0123. The van der Waals surface area contributed by atoms with Gasteiger partial charge in [-0.2, -0.15) is 0 Å². The fourth-order valence-electron chi connectivity index (χ4n) is 1.69. The minimum Gasteiger partial charge on any atom is -0.370 e. The molecule has 0 fully saturated rings. The van der Waals surface area contributed by atoms with Gasteiger partial charge in [-0.25, -0.2) is 23.1 Å². The molecule has 1 aromatic rings. The standard InChI is InChI=1S/C13H25N5O2S/c1-5-14-11-9-12(18-13(17-11)10(3)4)15-7-8-21(19,20)16-6-2/h9-10,16H,5-8H2,1-4H3,(H2,14,15,17,18). The number of rotatable bonds is 9. The largest absolute Gasteiger partial charge is 0.370 e. The molecule has 1 heterocycles. The lowest BCUT2D eigenvalue weighted by Gasteiger charge is -2.12. The van der Waals surface area contributed by atoms with Crippen LogP contribution in [0.5, 0.6) is 0 Å². The average molecular weight is 315 g/mol. The molecule has 0 spiro atoms. The number of sulfonamides is 1. The summed E-state index contributed by atoms with van der Waals surface area (Å²) in [6.07, 6.45) is 0. The maximum absolute atomic E-state index is 11.6. The third kappa shape index (κ3) is 6.26. The van der Waals surface area contributed by atoms with Crippen molar-refractivity contribution in [2.45, 2.75) is 33.6 Å². The zero-order chi connectivity index (χ0) is 15.9. The van der Waals surface area contributed by atoms with Crippen LogP contribution in [0, 0.1) is 0 Å². The number of hydrogen-bond acceptors (Lipinski definition) is 6. The van der Waals surface area contributed by atoms with Gasteiger partial charge < -0.3 is 10.6 Å². The molecular weight excluding hydrogens is 290 g/mol. The Balaban J connectivity index is 2.73. The second kappa shape index (κ2) is 8.14. The Kier molecular flexibility index (Phi) is 6.83. The van der Waals surface area contributed by atoms with Crippen molar-refractivity contribution in [1.29, 1.82) is 0 Å². The summed E-state index contributed by atoms with van der Waals surface area (Å²) < 4.78 is 25.6. The van der Waals surface area contributed by atoms with Crippen molar-refractivity contribution in [3.8, 4) is 0 Å². The highest BCUT2D eigenvalue weighted by atomic mass is 32.2. The predicted molar refractivity (Wildman–Crippen MR) is 86.2 cm³/mol. The first kappa shape index (κ1) is 17.6. The molecule has 120 valence electrons. The van der Waals surface area contributed by atoms with E-state index >= 15 is 0 Å². The first-order valence-electron chi connectivity index (χ1n) is 7.22. The van der Waals surface area contributed by atoms with Gasteiger partial charge >= 0.3 is 0 Å². The molecule has 3 N–H and O–H groups in total. The summed E-state index contributed by atoms with van der Waals surface area (Å²) in [6.45, 7) is 9.26. The molecule has 0 aromatic carbocycles.